The smallest absolute Gasteiger partial charge is 0.264 e. The molecule has 0 fully saturated rings. The third kappa shape index (κ3) is 7.14. The minimum atomic E-state index is -3.75. The minimum absolute atomic E-state index is 0.0446. The molecule has 1 atom stereocenters. The lowest BCUT2D eigenvalue weighted by atomic mass is 10.2. The van der Waals surface area contributed by atoms with Gasteiger partial charge in [-0.3, -0.25) is 4.31 Å². The van der Waals surface area contributed by atoms with Gasteiger partial charge in [-0.2, -0.15) is 0 Å². The van der Waals surface area contributed by atoms with Crippen LogP contribution in [0.15, 0.2) is 65.6 Å². The molecule has 0 amide bonds. The largest absolute Gasteiger partial charge is 0.385 e. The second-order valence-corrected chi connectivity index (χ2v) is 9.36. The number of nitrogens with one attached hydrogen (secondary N) is 1. The normalized spacial score (nSPS) is 12.8. The molecule has 0 aliphatic heterocycles. The molecule has 2 rings (SSSR count). The third-order valence-corrected chi connectivity index (χ3v) is 6.85. The number of quaternary nitrogens is 1. The molecule has 2 N–H and O–H groups in total. The Kier molecular flexibility index (Phi) is 9.64. The number of hydrogen-bond acceptors (Lipinski definition) is 3. The number of unbranched alkanes of at least 4 members (excludes halogenated alkanes) is 2. The summed E-state index contributed by atoms with van der Waals surface area (Å²) in [5, 5.41) is 10.8. The van der Waals surface area contributed by atoms with E-state index in [1.54, 1.807) is 42.5 Å². The van der Waals surface area contributed by atoms with Crippen molar-refractivity contribution in [2.75, 3.05) is 30.5 Å². The Morgan fingerprint density at radius 2 is 1.41 bits per heavy atom. The predicted octanol–water partition coefficient (Wildman–Crippen LogP) is 2.73. The molecule has 2 aromatic rings. The molecule has 0 spiro atoms. The van der Waals surface area contributed by atoms with Crippen LogP contribution in [0.4, 0.5) is 5.69 Å². The van der Waals surface area contributed by atoms with Crippen LogP contribution >= 0.6 is 0 Å². The van der Waals surface area contributed by atoms with Crippen molar-refractivity contribution in [3.8, 4) is 0 Å². The van der Waals surface area contributed by atoms with Crippen molar-refractivity contribution in [1.82, 2.24) is 0 Å². The van der Waals surface area contributed by atoms with E-state index in [0.717, 1.165) is 38.8 Å². The molecule has 0 aliphatic rings. The Labute approximate surface area is 176 Å². The Balaban J connectivity index is 2.21. The number of anilines is 1. The summed E-state index contributed by atoms with van der Waals surface area (Å²) < 4.78 is 27.9. The zero-order valence-corrected chi connectivity index (χ0v) is 18.4. The van der Waals surface area contributed by atoms with E-state index >= 15 is 0 Å². The van der Waals surface area contributed by atoms with Crippen molar-refractivity contribution >= 4 is 15.7 Å². The first-order valence-corrected chi connectivity index (χ1v) is 12.1. The molecular formula is C23H35N2O3S+. The van der Waals surface area contributed by atoms with Gasteiger partial charge in [0.2, 0.25) is 0 Å². The molecule has 0 aliphatic carbocycles. The van der Waals surface area contributed by atoms with E-state index in [9.17, 15) is 13.5 Å². The lowest BCUT2D eigenvalue weighted by molar-refractivity contribution is -0.903. The average molecular weight is 420 g/mol. The Morgan fingerprint density at radius 3 is 1.93 bits per heavy atom. The summed E-state index contributed by atoms with van der Waals surface area (Å²) in [7, 11) is -3.75. The van der Waals surface area contributed by atoms with Crippen LogP contribution in [-0.2, 0) is 10.0 Å². The fourth-order valence-corrected chi connectivity index (χ4v) is 4.95. The number of rotatable bonds is 13. The lowest BCUT2D eigenvalue weighted by Gasteiger charge is -2.28. The van der Waals surface area contributed by atoms with Crippen LogP contribution in [0.25, 0.3) is 0 Å². The highest BCUT2D eigenvalue weighted by atomic mass is 32.2. The number of sulfonamides is 1. The van der Waals surface area contributed by atoms with E-state index in [0.29, 0.717) is 12.2 Å². The lowest BCUT2D eigenvalue weighted by Crippen LogP contribution is -3.13. The monoisotopic (exact) mass is 419 g/mol. The van der Waals surface area contributed by atoms with Gasteiger partial charge in [0.25, 0.3) is 10.0 Å². The second kappa shape index (κ2) is 12.0. The molecular weight excluding hydrogens is 384 g/mol. The van der Waals surface area contributed by atoms with Gasteiger partial charge in [-0.15, -0.1) is 0 Å². The molecule has 0 unspecified atom stereocenters. The number of hydrogen-bond donors (Lipinski definition) is 2. The van der Waals surface area contributed by atoms with Gasteiger partial charge in [-0.25, -0.2) is 8.42 Å². The number of aliphatic hydroxyl groups excluding tert-OH is 1. The number of nitrogens with zero attached hydrogens (tertiary/aromatic N) is 1. The summed E-state index contributed by atoms with van der Waals surface area (Å²) in [5.41, 5.74) is 0.569. The topological polar surface area (TPSA) is 62.1 Å². The molecule has 0 saturated heterocycles. The molecule has 29 heavy (non-hydrogen) atoms. The van der Waals surface area contributed by atoms with E-state index in [1.807, 2.05) is 18.2 Å². The third-order valence-electron chi connectivity index (χ3n) is 5.04. The van der Waals surface area contributed by atoms with Crippen LogP contribution in [0, 0.1) is 0 Å². The van der Waals surface area contributed by atoms with Crippen LogP contribution in [0.3, 0.4) is 0 Å². The Hall–Kier alpha value is -1.89. The summed E-state index contributed by atoms with van der Waals surface area (Å²) in [6, 6.07) is 17.4. The molecule has 0 aromatic heterocycles. The fourth-order valence-electron chi connectivity index (χ4n) is 3.43. The quantitative estimate of drug-likeness (QED) is 0.525. The van der Waals surface area contributed by atoms with Crippen LogP contribution in [-0.4, -0.2) is 45.8 Å². The van der Waals surface area contributed by atoms with Gasteiger partial charge in [0.1, 0.15) is 12.6 Å². The van der Waals surface area contributed by atoms with Crippen LogP contribution in [0.1, 0.15) is 39.5 Å². The zero-order chi connectivity index (χ0) is 21.1. The van der Waals surface area contributed by atoms with Crippen LogP contribution < -0.4 is 9.21 Å². The summed E-state index contributed by atoms with van der Waals surface area (Å²) in [5.74, 6) is 0. The van der Waals surface area contributed by atoms with Gasteiger partial charge in [0.15, 0.2) is 0 Å². The molecule has 5 nitrogen and oxygen atoms in total. The molecule has 2 aromatic carbocycles. The zero-order valence-electron chi connectivity index (χ0n) is 17.6. The first-order chi connectivity index (χ1) is 14.0. The van der Waals surface area contributed by atoms with Gasteiger partial charge in [0.05, 0.1) is 30.2 Å². The first kappa shape index (κ1) is 23.4. The van der Waals surface area contributed by atoms with E-state index in [1.165, 1.54) is 9.21 Å². The highest BCUT2D eigenvalue weighted by Gasteiger charge is 2.28. The van der Waals surface area contributed by atoms with Gasteiger partial charge in [0, 0.05) is 0 Å². The highest BCUT2D eigenvalue weighted by molar-refractivity contribution is 7.92. The highest BCUT2D eigenvalue weighted by Crippen LogP contribution is 2.23. The van der Waals surface area contributed by atoms with Crippen molar-refractivity contribution in [3.63, 3.8) is 0 Å². The number of benzene rings is 2. The standard InChI is InChI=1S/C23H34N2O3S/c1-3-5-17-24(18-6-4-2)19-22(26)20-25(21-13-9-7-10-14-21)29(27,28)23-15-11-8-12-16-23/h7-16,22,26H,3-6,17-20H2,1-2H3/p+1/t22-/m1/s1. The van der Waals surface area contributed by atoms with Crippen molar-refractivity contribution < 1.29 is 18.4 Å². The maximum atomic E-state index is 13.3. The molecule has 160 valence electrons. The van der Waals surface area contributed by atoms with Gasteiger partial charge in [-0.1, -0.05) is 63.1 Å². The predicted molar refractivity (Wildman–Crippen MR) is 119 cm³/mol. The maximum Gasteiger partial charge on any atom is 0.264 e. The molecule has 0 heterocycles. The van der Waals surface area contributed by atoms with E-state index in [4.69, 9.17) is 0 Å². The van der Waals surface area contributed by atoms with E-state index < -0.39 is 16.1 Å². The van der Waals surface area contributed by atoms with E-state index in [2.05, 4.69) is 13.8 Å². The molecule has 6 heteroatoms. The van der Waals surface area contributed by atoms with Crippen molar-refractivity contribution in [2.45, 2.75) is 50.5 Å². The van der Waals surface area contributed by atoms with Crippen LogP contribution in [0.5, 0.6) is 0 Å². The van der Waals surface area contributed by atoms with Gasteiger partial charge < -0.3 is 10.0 Å². The summed E-state index contributed by atoms with van der Waals surface area (Å²) in [6.45, 7) is 6.93. The fraction of sp³-hybridized carbons (Fsp3) is 0.478. The van der Waals surface area contributed by atoms with Crippen molar-refractivity contribution in [2.24, 2.45) is 0 Å². The second-order valence-electron chi connectivity index (χ2n) is 7.50. The average Bonchev–Trinajstić information content (AvgIpc) is 2.75. The maximum absolute atomic E-state index is 13.3. The van der Waals surface area contributed by atoms with Crippen molar-refractivity contribution in [1.29, 1.82) is 0 Å². The number of para-hydroxylation sites is 1. The van der Waals surface area contributed by atoms with E-state index in [-0.39, 0.29) is 11.4 Å². The molecule has 0 saturated carbocycles. The Bertz CT molecular complexity index is 789. The molecule has 0 radical (unpaired) electrons. The summed E-state index contributed by atoms with van der Waals surface area (Å²) in [4.78, 5) is 1.57. The molecule has 0 bridgehead atoms. The van der Waals surface area contributed by atoms with Gasteiger partial charge >= 0.3 is 0 Å². The van der Waals surface area contributed by atoms with Crippen LogP contribution in [0.2, 0.25) is 0 Å². The van der Waals surface area contributed by atoms with Crippen molar-refractivity contribution in [3.05, 3.63) is 60.7 Å². The van der Waals surface area contributed by atoms with Gasteiger partial charge in [-0.05, 0) is 37.1 Å². The SMILES string of the molecule is CCCC[NH+](CCCC)C[C@@H](O)CN(c1ccccc1)S(=O)(=O)c1ccccc1. The first-order valence-electron chi connectivity index (χ1n) is 10.6. The minimum Gasteiger partial charge on any atom is -0.385 e. The Morgan fingerprint density at radius 1 is 0.897 bits per heavy atom. The summed E-state index contributed by atoms with van der Waals surface area (Å²) >= 11 is 0. The number of aliphatic hydroxyl groups is 1. The summed E-state index contributed by atoms with van der Waals surface area (Å²) in [6.07, 6.45) is 3.71.